The number of alkyl halides is 1. The minimum atomic E-state index is -1.11. The van der Waals surface area contributed by atoms with Crippen molar-refractivity contribution in [3.8, 4) is 0 Å². The first-order chi connectivity index (χ1) is 6.69. The maximum Gasteiger partial charge on any atom is 0.224 e. The van der Waals surface area contributed by atoms with Crippen LogP contribution < -0.4 is 0 Å². The molecule has 1 aliphatic rings. The van der Waals surface area contributed by atoms with Crippen LogP contribution in [0.1, 0.15) is 12.8 Å². The maximum absolute atomic E-state index is 13.3. The standard InChI is InChI=1S/C9H16FNO3/c1-14-8-2-4-11(6-7(8)10)9(13)3-5-12/h7-8,12H,2-6H2,1H3/t7-,8+/m1/s1. The predicted molar refractivity (Wildman–Crippen MR) is 48.6 cm³/mol. The van der Waals surface area contributed by atoms with Gasteiger partial charge in [0.25, 0.3) is 0 Å². The molecule has 0 aliphatic carbocycles. The molecular weight excluding hydrogens is 189 g/mol. The van der Waals surface area contributed by atoms with Crippen molar-refractivity contribution in [1.82, 2.24) is 4.90 Å². The third-order valence-electron chi connectivity index (χ3n) is 2.46. The molecule has 0 aromatic heterocycles. The lowest BCUT2D eigenvalue weighted by Gasteiger charge is -2.33. The Kier molecular flexibility index (Phi) is 4.28. The Morgan fingerprint density at radius 1 is 1.71 bits per heavy atom. The summed E-state index contributed by atoms with van der Waals surface area (Å²) in [5.41, 5.74) is 0. The average molecular weight is 205 g/mol. The molecule has 14 heavy (non-hydrogen) atoms. The van der Waals surface area contributed by atoms with Gasteiger partial charge in [0.2, 0.25) is 5.91 Å². The number of hydrogen-bond acceptors (Lipinski definition) is 3. The van der Waals surface area contributed by atoms with E-state index in [-0.39, 0.29) is 25.5 Å². The van der Waals surface area contributed by atoms with E-state index in [9.17, 15) is 9.18 Å². The predicted octanol–water partition coefficient (Wildman–Crippen LogP) is -0.0458. The number of aliphatic hydroxyl groups is 1. The van der Waals surface area contributed by atoms with Crippen molar-refractivity contribution < 1.29 is 19.0 Å². The quantitative estimate of drug-likeness (QED) is 0.703. The lowest BCUT2D eigenvalue weighted by molar-refractivity contribution is -0.136. The van der Waals surface area contributed by atoms with Crippen molar-refractivity contribution >= 4 is 5.91 Å². The molecule has 0 radical (unpaired) electrons. The number of aliphatic hydroxyl groups excluding tert-OH is 1. The first-order valence-corrected chi connectivity index (χ1v) is 4.74. The SMILES string of the molecule is CO[C@H]1CCN(C(=O)CCO)C[C@H]1F. The van der Waals surface area contributed by atoms with Gasteiger partial charge in [0.15, 0.2) is 0 Å². The number of nitrogens with zero attached hydrogens (tertiary/aromatic N) is 1. The Hall–Kier alpha value is -0.680. The minimum Gasteiger partial charge on any atom is -0.396 e. The molecule has 0 bridgehead atoms. The second kappa shape index (κ2) is 5.26. The molecule has 1 amide bonds. The van der Waals surface area contributed by atoms with Crippen molar-refractivity contribution in [1.29, 1.82) is 0 Å². The molecular formula is C9H16FNO3. The summed E-state index contributed by atoms with van der Waals surface area (Å²) >= 11 is 0. The van der Waals surface area contributed by atoms with E-state index in [0.29, 0.717) is 13.0 Å². The Morgan fingerprint density at radius 3 is 2.93 bits per heavy atom. The molecule has 0 saturated carbocycles. The molecule has 1 rings (SSSR count). The fourth-order valence-corrected chi connectivity index (χ4v) is 1.63. The molecule has 4 nitrogen and oxygen atoms in total. The molecule has 0 aromatic carbocycles. The van der Waals surface area contributed by atoms with Crippen molar-refractivity contribution in [3.05, 3.63) is 0 Å². The number of likely N-dealkylation sites (tertiary alicyclic amines) is 1. The average Bonchev–Trinajstić information content (AvgIpc) is 2.18. The Labute approximate surface area is 82.6 Å². The van der Waals surface area contributed by atoms with Crippen LogP contribution in [0.4, 0.5) is 4.39 Å². The first-order valence-electron chi connectivity index (χ1n) is 4.74. The van der Waals surface area contributed by atoms with Gasteiger partial charge in [0.1, 0.15) is 6.17 Å². The van der Waals surface area contributed by atoms with Crippen LogP contribution in [0.25, 0.3) is 0 Å². The van der Waals surface area contributed by atoms with E-state index in [1.54, 1.807) is 0 Å². The zero-order valence-corrected chi connectivity index (χ0v) is 8.28. The largest absolute Gasteiger partial charge is 0.396 e. The molecule has 82 valence electrons. The van der Waals surface area contributed by atoms with E-state index in [1.165, 1.54) is 12.0 Å². The van der Waals surface area contributed by atoms with E-state index < -0.39 is 12.3 Å². The zero-order valence-electron chi connectivity index (χ0n) is 8.28. The fraction of sp³-hybridized carbons (Fsp3) is 0.889. The highest BCUT2D eigenvalue weighted by molar-refractivity contribution is 5.76. The highest BCUT2D eigenvalue weighted by Gasteiger charge is 2.30. The summed E-state index contributed by atoms with van der Waals surface area (Å²) in [6.07, 6.45) is -0.913. The summed E-state index contributed by atoms with van der Waals surface area (Å²) in [6, 6.07) is 0. The number of amides is 1. The highest BCUT2D eigenvalue weighted by Crippen LogP contribution is 2.17. The third-order valence-corrected chi connectivity index (χ3v) is 2.46. The second-order valence-corrected chi connectivity index (χ2v) is 3.39. The normalized spacial score (nSPS) is 27.8. The Balaban J connectivity index is 2.41. The summed E-state index contributed by atoms with van der Waals surface area (Å²) in [5.74, 6) is -0.190. The Bertz CT molecular complexity index is 200. The third kappa shape index (κ3) is 2.65. The summed E-state index contributed by atoms with van der Waals surface area (Å²) in [7, 11) is 1.47. The topological polar surface area (TPSA) is 49.8 Å². The van der Waals surface area contributed by atoms with Crippen LogP contribution in [-0.4, -0.2) is 55.0 Å². The van der Waals surface area contributed by atoms with Crippen molar-refractivity contribution in [2.45, 2.75) is 25.1 Å². The van der Waals surface area contributed by atoms with Gasteiger partial charge in [-0.15, -0.1) is 0 Å². The van der Waals surface area contributed by atoms with Crippen LogP contribution in [0.5, 0.6) is 0 Å². The molecule has 1 saturated heterocycles. The molecule has 1 aliphatic heterocycles. The number of piperidine rings is 1. The van der Waals surface area contributed by atoms with Gasteiger partial charge in [-0.3, -0.25) is 4.79 Å². The van der Waals surface area contributed by atoms with Gasteiger partial charge in [-0.25, -0.2) is 4.39 Å². The number of halogens is 1. The second-order valence-electron chi connectivity index (χ2n) is 3.39. The van der Waals surface area contributed by atoms with Crippen LogP contribution in [-0.2, 0) is 9.53 Å². The molecule has 1 fully saturated rings. The van der Waals surface area contributed by atoms with Gasteiger partial charge in [-0.1, -0.05) is 0 Å². The highest BCUT2D eigenvalue weighted by atomic mass is 19.1. The van der Waals surface area contributed by atoms with Crippen LogP contribution in [0.2, 0.25) is 0 Å². The molecule has 0 spiro atoms. The number of carbonyl (C=O) groups excluding carboxylic acids is 1. The van der Waals surface area contributed by atoms with Gasteiger partial charge in [0.05, 0.1) is 19.3 Å². The maximum atomic E-state index is 13.3. The number of rotatable bonds is 3. The van der Waals surface area contributed by atoms with E-state index in [4.69, 9.17) is 9.84 Å². The zero-order chi connectivity index (χ0) is 10.6. The summed E-state index contributed by atoms with van der Waals surface area (Å²) < 4.78 is 18.2. The number of ether oxygens (including phenoxy) is 1. The lowest BCUT2D eigenvalue weighted by atomic mass is 10.1. The molecule has 1 N–H and O–H groups in total. The molecule has 0 unspecified atom stereocenters. The Morgan fingerprint density at radius 2 is 2.43 bits per heavy atom. The van der Waals surface area contributed by atoms with Crippen LogP contribution >= 0.6 is 0 Å². The van der Waals surface area contributed by atoms with Crippen LogP contribution in [0.3, 0.4) is 0 Å². The summed E-state index contributed by atoms with van der Waals surface area (Å²) in [4.78, 5) is 12.7. The van der Waals surface area contributed by atoms with Gasteiger partial charge in [-0.2, -0.15) is 0 Å². The van der Waals surface area contributed by atoms with Gasteiger partial charge in [-0.05, 0) is 6.42 Å². The van der Waals surface area contributed by atoms with E-state index in [2.05, 4.69) is 0 Å². The van der Waals surface area contributed by atoms with Crippen LogP contribution in [0.15, 0.2) is 0 Å². The number of carbonyl (C=O) groups is 1. The molecule has 5 heteroatoms. The first kappa shape index (κ1) is 11.4. The molecule has 1 heterocycles. The fourth-order valence-electron chi connectivity index (χ4n) is 1.63. The number of hydrogen-bond donors (Lipinski definition) is 1. The lowest BCUT2D eigenvalue weighted by Crippen LogP contribution is -2.48. The molecule has 2 atom stereocenters. The van der Waals surface area contributed by atoms with E-state index in [1.807, 2.05) is 0 Å². The van der Waals surface area contributed by atoms with Crippen LogP contribution in [0, 0.1) is 0 Å². The van der Waals surface area contributed by atoms with Gasteiger partial charge >= 0.3 is 0 Å². The smallest absolute Gasteiger partial charge is 0.224 e. The van der Waals surface area contributed by atoms with Gasteiger partial charge in [0, 0.05) is 20.1 Å². The molecule has 0 aromatic rings. The van der Waals surface area contributed by atoms with Crippen molar-refractivity contribution in [2.75, 3.05) is 26.8 Å². The monoisotopic (exact) mass is 205 g/mol. The van der Waals surface area contributed by atoms with Gasteiger partial charge < -0.3 is 14.7 Å². The van der Waals surface area contributed by atoms with Crippen molar-refractivity contribution in [2.24, 2.45) is 0 Å². The summed E-state index contributed by atoms with van der Waals surface area (Å²) in [5, 5.41) is 8.57. The van der Waals surface area contributed by atoms with Crippen molar-refractivity contribution in [3.63, 3.8) is 0 Å². The van der Waals surface area contributed by atoms with E-state index >= 15 is 0 Å². The number of methoxy groups -OCH3 is 1. The van der Waals surface area contributed by atoms with E-state index in [0.717, 1.165) is 0 Å². The summed E-state index contributed by atoms with van der Waals surface area (Å²) in [6.45, 7) is 0.412. The minimum absolute atomic E-state index is 0.0738.